The molecule has 0 saturated heterocycles. The Morgan fingerprint density at radius 1 is 1.47 bits per heavy atom. The Balaban J connectivity index is 2.27. The van der Waals surface area contributed by atoms with Crippen molar-refractivity contribution in [2.45, 2.75) is 39.0 Å². The van der Waals surface area contributed by atoms with Gasteiger partial charge in [-0.3, -0.25) is 14.4 Å². The predicted octanol–water partition coefficient (Wildman–Crippen LogP) is 0.800. The first-order valence-corrected chi connectivity index (χ1v) is 5.97. The maximum atomic E-state index is 11.7. The summed E-state index contributed by atoms with van der Waals surface area (Å²) in [6.45, 7) is 2.12. The highest BCUT2D eigenvalue weighted by Crippen LogP contribution is 2.28. The van der Waals surface area contributed by atoms with Gasteiger partial charge in [0.1, 0.15) is 5.78 Å². The lowest BCUT2D eigenvalue weighted by atomic mass is 9.80. The lowest BCUT2D eigenvalue weighted by molar-refractivity contribution is -0.152. The minimum Gasteiger partial charge on any atom is -0.465 e. The van der Waals surface area contributed by atoms with Crippen LogP contribution < -0.4 is 5.73 Å². The fourth-order valence-corrected chi connectivity index (χ4v) is 2.08. The van der Waals surface area contributed by atoms with Gasteiger partial charge >= 0.3 is 5.97 Å². The van der Waals surface area contributed by atoms with Gasteiger partial charge in [0, 0.05) is 19.3 Å². The van der Waals surface area contributed by atoms with Crippen molar-refractivity contribution >= 4 is 17.7 Å². The van der Waals surface area contributed by atoms with E-state index in [1.165, 1.54) is 0 Å². The molecule has 2 atom stereocenters. The van der Waals surface area contributed by atoms with Crippen LogP contribution >= 0.6 is 0 Å². The van der Waals surface area contributed by atoms with Crippen molar-refractivity contribution in [2.75, 3.05) is 6.61 Å². The van der Waals surface area contributed by atoms with Crippen molar-refractivity contribution in [3.8, 4) is 0 Å². The molecule has 1 aliphatic carbocycles. The SMILES string of the molecule is CC1CC(=O)CCC1C(=O)OCCCC(N)=O. The second-order valence-corrected chi connectivity index (χ2v) is 4.60. The minimum atomic E-state index is -0.391. The molecule has 0 heterocycles. The van der Waals surface area contributed by atoms with Crippen LogP contribution in [0.15, 0.2) is 0 Å². The number of rotatable bonds is 5. The summed E-state index contributed by atoms with van der Waals surface area (Å²) in [6, 6.07) is 0. The molecule has 0 aliphatic heterocycles. The molecule has 0 spiro atoms. The molecule has 17 heavy (non-hydrogen) atoms. The van der Waals surface area contributed by atoms with Gasteiger partial charge in [0.2, 0.25) is 5.91 Å². The first kappa shape index (κ1) is 13.7. The zero-order valence-corrected chi connectivity index (χ0v) is 10.1. The fraction of sp³-hybridized carbons (Fsp3) is 0.750. The Hall–Kier alpha value is -1.39. The maximum Gasteiger partial charge on any atom is 0.309 e. The molecule has 2 N–H and O–H groups in total. The largest absolute Gasteiger partial charge is 0.465 e. The highest BCUT2D eigenvalue weighted by molar-refractivity contribution is 5.83. The third-order valence-corrected chi connectivity index (χ3v) is 3.09. The van der Waals surface area contributed by atoms with E-state index in [1.54, 1.807) is 0 Å². The van der Waals surface area contributed by atoms with Crippen LogP contribution in [-0.4, -0.2) is 24.3 Å². The second kappa shape index (κ2) is 6.37. The summed E-state index contributed by atoms with van der Waals surface area (Å²) >= 11 is 0. The summed E-state index contributed by atoms with van der Waals surface area (Å²) in [7, 11) is 0. The van der Waals surface area contributed by atoms with Crippen LogP contribution in [0.2, 0.25) is 0 Å². The van der Waals surface area contributed by atoms with Crippen LogP contribution in [0.25, 0.3) is 0 Å². The van der Waals surface area contributed by atoms with Crippen molar-refractivity contribution in [3.63, 3.8) is 0 Å². The van der Waals surface area contributed by atoms with Crippen molar-refractivity contribution in [3.05, 3.63) is 0 Å². The molecule has 0 aromatic carbocycles. The Labute approximate surface area is 101 Å². The number of Topliss-reactive ketones (excluding diaryl/α,β-unsaturated/α-hetero) is 1. The van der Waals surface area contributed by atoms with Crippen LogP contribution in [0.3, 0.4) is 0 Å². The van der Waals surface area contributed by atoms with E-state index in [9.17, 15) is 14.4 Å². The molecule has 0 aromatic rings. The molecule has 0 bridgehead atoms. The lowest BCUT2D eigenvalue weighted by Crippen LogP contribution is -2.30. The zero-order valence-electron chi connectivity index (χ0n) is 10.1. The fourth-order valence-electron chi connectivity index (χ4n) is 2.08. The average molecular weight is 241 g/mol. The van der Waals surface area contributed by atoms with Crippen LogP contribution in [-0.2, 0) is 19.1 Å². The highest BCUT2D eigenvalue weighted by Gasteiger charge is 2.32. The molecule has 1 amide bonds. The van der Waals surface area contributed by atoms with Crippen LogP contribution in [0, 0.1) is 11.8 Å². The van der Waals surface area contributed by atoms with Gasteiger partial charge in [0.25, 0.3) is 0 Å². The summed E-state index contributed by atoms with van der Waals surface area (Å²) in [5, 5.41) is 0. The number of hydrogen-bond donors (Lipinski definition) is 1. The number of amides is 1. The Kier molecular flexibility index (Phi) is 5.12. The van der Waals surface area contributed by atoms with E-state index in [2.05, 4.69) is 0 Å². The summed E-state index contributed by atoms with van der Waals surface area (Å²) in [5.74, 6) is -0.552. The summed E-state index contributed by atoms with van der Waals surface area (Å²) in [6.07, 6.45) is 2.19. The number of hydrogen-bond acceptors (Lipinski definition) is 4. The Bertz CT molecular complexity index is 314. The first-order chi connectivity index (χ1) is 8.00. The van der Waals surface area contributed by atoms with E-state index >= 15 is 0 Å². The molecule has 1 aliphatic rings. The van der Waals surface area contributed by atoms with E-state index in [1.807, 2.05) is 6.92 Å². The van der Waals surface area contributed by atoms with E-state index < -0.39 is 5.91 Å². The highest BCUT2D eigenvalue weighted by atomic mass is 16.5. The third kappa shape index (κ3) is 4.54. The van der Waals surface area contributed by atoms with Gasteiger partial charge < -0.3 is 10.5 Å². The minimum absolute atomic E-state index is 0.0555. The molecule has 5 heteroatoms. The molecule has 0 radical (unpaired) electrons. The van der Waals surface area contributed by atoms with Gasteiger partial charge in [-0.25, -0.2) is 0 Å². The number of esters is 1. The van der Waals surface area contributed by atoms with Crippen molar-refractivity contribution in [1.29, 1.82) is 0 Å². The third-order valence-electron chi connectivity index (χ3n) is 3.09. The van der Waals surface area contributed by atoms with Gasteiger partial charge in [0.15, 0.2) is 0 Å². The van der Waals surface area contributed by atoms with Gasteiger partial charge in [0.05, 0.1) is 12.5 Å². The molecule has 1 rings (SSSR count). The van der Waals surface area contributed by atoms with Gasteiger partial charge in [-0.05, 0) is 18.8 Å². The molecule has 0 aromatic heterocycles. The average Bonchev–Trinajstić information content (AvgIpc) is 2.23. The quantitative estimate of drug-likeness (QED) is 0.569. The van der Waals surface area contributed by atoms with Gasteiger partial charge in [-0.1, -0.05) is 6.92 Å². The summed E-state index contributed by atoms with van der Waals surface area (Å²) < 4.78 is 5.08. The molecular formula is C12H19NO4. The number of carbonyl (C=O) groups is 3. The summed E-state index contributed by atoms with van der Waals surface area (Å²) in [4.78, 5) is 33.4. The van der Waals surface area contributed by atoms with Crippen molar-refractivity contribution in [1.82, 2.24) is 0 Å². The molecule has 5 nitrogen and oxygen atoms in total. The molecule has 2 unspecified atom stereocenters. The van der Waals surface area contributed by atoms with E-state index in [-0.39, 0.29) is 36.6 Å². The van der Waals surface area contributed by atoms with E-state index in [4.69, 9.17) is 10.5 Å². The van der Waals surface area contributed by atoms with Crippen LogP contribution in [0.1, 0.15) is 39.0 Å². The number of ketones is 1. The smallest absolute Gasteiger partial charge is 0.309 e. The Morgan fingerprint density at radius 3 is 2.76 bits per heavy atom. The van der Waals surface area contributed by atoms with Crippen LogP contribution in [0.5, 0.6) is 0 Å². The second-order valence-electron chi connectivity index (χ2n) is 4.60. The van der Waals surface area contributed by atoms with Gasteiger partial charge in [-0.2, -0.15) is 0 Å². The normalized spacial score (nSPS) is 24.4. The number of primary amides is 1. The number of carbonyl (C=O) groups excluding carboxylic acids is 3. The van der Waals surface area contributed by atoms with E-state index in [0.29, 0.717) is 25.7 Å². The number of nitrogens with two attached hydrogens (primary N) is 1. The molecular weight excluding hydrogens is 222 g/mol. The molecule has 1 saturated carbocycles. The molecule has 1 fully saturated rings. The van der Waals surface area contributed by atoms with Crippen LogP contribution in [0.4, 0.5) is 0 Å². The van der Waals surface area contributed by atoms with Crippen molar-refractivity contribution < 1.29 is 19.1 Å². The van der Waals surface area contributed by atoms with Crippen molar-refractivity contribution in [2.24, 2.45) is 17.6 Å². The van der Waals surface area contributed by atoms with Gasteiger partial charge in [-0.15, -0.1) is 0 Å². The standard InChI is InChI=1S/C12H19NO4/c1-8-7-9(14)4-5-10(8)12(16)17-6-2-3-11(13)15/h8,10H,2-7H2,1H3,(H2,13,15). The van der Waals surface area contributed by atoms with E-state index in [0.717, 1.165) is 0 Å². The maximum absolute atomic E-state index is 11.7. The first-order valence-electron chi connectivity index (χ1n) is 5.97. The zero-order chi connectivity index (χ0) is 12.8. The monoisotopic (exact) mass is 241 g/mol. The predicted molar refractivity (Wildman–Crippen MR) is 60.9 cm³/mol. The Morgan fingerprint density at radius 2 is 2.18 bits per heavy atom. The topological polar surface area (TPSA) is 86.5 Å². The number of ether oxygens (including phenoxy) is 1. The molecule has 96 valence electrons. The lowest BCUT2D eigenvalue weighted by Gasteiger charge is -2.25. The summed E-state index contributed by atoms with van der Waals surface area (Å²) in [5.41, 5.74) is 4.97.